The van der Waals surface area contributed by atoms with Gasteiger partial charge >= 0.3 is 0 Å². The number of benzene rings is 2. The quantitative estimate of drug-likeness (QED) is 0.235. The van der Waals surface area contributed by atoms with Crippen molar-refractivity contribution in [1.82, 2.24) is 4.57 Å². The second kappa shape index (κ2) is 9.06. The van der Waals surface area contributed by atoms with Crippen molar-refractivity contribution in [3.05, 3.63) is 69.9 Å². The minimum absolute atomic E-state index is 0.0192. The van der Waals surface area contributed by atoms with Crippen LogP contribution in [-0.2, 0) is 6.54 Å². The molecule has 2 aromatic carbocycles. The van der Waals surface area contributed by atoms with Crippen LogP contribution >= 0.6 is 11.3 Å². The lowest BCUT2D eigenvalue weighted by atomic mass is 9.84. The Balaban J connectivity index is 1.53. The van der Waals surface area contributed by atoms with Gasteiger partial charge in [0.2, 0.25) is 11.6 Å². The molecule has 0 saturated heterocycles. The second-order valence-corrected chi connectivity index (χ2v) is 9.98. The van der Waals surface area contributed by atoms with Crippen LogP contribution in [0.3, 0.4) is 0 Å². The average Bonchev–Trinajstić information content (AvgIpc) is 3.49. The highest BCUT2D eigenvalue weighted by Gasteiger charge is 2.21. The van der Waals surface area contributed by atoms with Crippen molar-refractivity contribution in [3.8, 4) is 0 Å². The molecule has 0 unspecified atom stereocenters. The van der Waals surface area contributed by atoms with E-state index in [2.05, 4.69) is 11.5 Å². The summed E-state index contributed by atoms with van der Waals surface area (Å²) in [6.45, 7) is 2.89. The summed E-state index contributed by atoms with van der Waals surface area (Å²) in [5.41, 5.74) is 3.53. The molecule has 1 N–H and O–H groups in total. The molecule has 1 aliphatic rings. The van der Waals surface area contributed by atoms with E-state index in [1.165, 1.54) is 30.6 Å². The van der Waals surface area contributed by atoms with Gasteiger partial charge in [0.1, 0.15) is 0 Å². The van der Waals surface area contributed by atoms with Crippen LogP contribution in [-0.4, -0.2) is 21.8 Å². The summed E-state index contributed by atoms with van der Waals surface area (Å²) in [5.74, 6) is 0.309. The Morgan fingerprint density at radius 3 is 2.27 bits per heavy atom. The normalized spacial score (nSPS) is 14.7. The summed E-state index contributed by atoms with van der Waals surface area (Å²) >= 11 is 1.45. The van der Waals surface area contributed by atoms with Crippen LogP contribution in [0.2, 0.25) is 0 Å². The van der Waals surface area contributed by atoms with Gasteiger partial charge in [-0.1, -0.05) is 38.2 Å². The molecule has 0 radical (unpaired) electrons. The molecular weight excluding hydrogens is 428 g/mol. The number of ketones is 2. The zero-order valence-corrected chi connectivity index (χ0v) is 19.7. The third-order valence-electron chi connectivity index (χ3n) is 6.94. The molecule has 2 heterocycles. The van der Waals surface area contributed by atoms with E-state index in [-0.39, 0.29) is 17.3 Å². The summed E-state index contributed by atoms with van der Waals surface area (Å²) in [6.07, 6.45) is 6.52. The first-order chi connectivity index (χ1) is 16.1. The Labute approximate surface area is 197 Å². The van der Waals surface area contributed by atoms with Crippen LogP contribution in [0.1, 0.15) is 71.0 Å². The molecule has 1 fully saturated rings. The monoisotopic (exact) mass is 456 g/mol. The zero-order valence-electron chi connectivity index (χ0n) is 18.9. The number of nitrogens with zero attached hydrogens (tertiary/aromatic N) is 1. The number of carbonyl (C=O) groups is 2. The molecule has 1 saturated carbocycles. The van der Waals surface area contributed by atoms with E-state index in [0.717, 1.165) is 46.1 Å². The summed E-state index contributed by atoms with van der Waals surface area (Å²) < 4.78 is 2.21. The average molecular weight is 457 g/mol. The van der Waals surface area contributed by atoms with E-state index in [0.29, 0.717) is 23.5 Å². The fourth-order valence-electron chi connectivity index (χ4n) is 5.22. The van der Waals surface area contributed by atoms with Crippen LogP contribution < -0.4 is 0 Å². The molecule has 0 aliphatic heterocycles. The lowest BCUT2D eigenvalue weighted by molar-refractivity contribution is 0.104. The number of carbonyl (C=O) groups excluding carboxylic acids is 2. The topological polar surface area (TPSA) is 62.9 Å². The summed E-state index contributed by atoms with van der Waals surface area (Å²) in [4.78, 5) is 26.8. The molecule has 0 amide bonds. The van der Waals surface area contributed by atoms with Gasteiger partial charge in [-0.3, -0.25) is 9.59 Å². The molecule has 4 nitrogen and oxygen atoms in total. The van der Waals surface area contributed by atoms with Gasteiger partial charge in [0.15, 0.2) is 0 Å². The lowest BCUT2D eigenvalue weighted by Gasteiger charge is -2.21. The number of fused-ring (bicyclic) bond motifs is 3. The van der Waals surface area contributed by atoms with E-state index in [4.69, 9.17) is 5.41 Å². The Hall–Kier alpha value is -3.05. The first-order valence-corrected chi connectivity index (χ1v) is 12.7. The minimum Gasteiger partial charge on any atom is -0.341 e. The van der Waals surface area contributed by atoms with Crippen molar-refractivity contribution < 1.29 is 9.59 Å². The number of rotatable bonds is 7. The Morgan fingerprint density at radius 2 is 1.64 bits per heavy atom. The molecule has 1 aliphatic carbocycles. The van der Waals surface area contributed by atoms with Gasteiger partial charge in [-0.25, -0.2) is 0 Å². The van der Waals surface area contributed by atoms with Crippen LogP contribution in [0.25, 0.3) is 21.8 Å². The number of hydrogen-bond acceptors (Lipinski definition) is 4. The fourth-order valence-corrected chi connectivity index (χ4v) is 5.91. The Morgan fingerprint density at radius 1 is 0.970 bits per heavy atom. The first kappa shape index (κ1) is 21.8. The second-order valence-electron chi connectivity index (χ2n) is 9.03. The first-order valence-electron chi connectivity index (χ1n) is 11.8. The van der Waals surface area contributed by atoms with Crippen molar-refractivity contribution >= 4 is 50.4 Å². The van der Waals surface area contributed by atoms with E-state index >= 15 is 0 Å². The molecule has 4 aromatic rings. The highest BCUT2D eigenvalue weighted by atomic mass is 32.1. The summed E-state index contributed by atoms with van der Waals surface area (Å²) in [5, 5.41) is 12.3. The van der Waals surface area contributed by atoms with Crippen LogP contribution in [0, 0.1) is 11.3 Å². The van der Waals surface area contributed by atoms with Gasteiger partial charge in [-0.15, -0.1) is 11.3 Å². The predicted molar refractivity (Wildman–Crippen MR) is 136 cm³/mol. The van der Waals surface area contributed by atoms with E-state index in [1.54, 1.807) is 0 Å². The van der Waals surface area contributed by atoms with Crippen molar-refractivity contribution in [2.24, 2.45) is 5.92 Å². The molecule has 0 spiro atoms. The number of nitrogens with one attached hydrogen (secondary N) is 1. The molecule has 33 heavy (non-hydrogen) atoms. The van der Waals surface area contributed by atoms with Crippen molar-refractivity contribution in [2.45, 2.75) is 52.0 Å². The molecule has 168 valence electrons. The number of aromatic nitrogens is 1. The molecular formula is C28H28N2O2S. The smallest absolute Gasteiger partial charge is 0.206 e. The van der Waals surface area contributed by atoms with Gasteiger partial charge in [0, 0.05) is 39.5 Å². The summed E-state index contributed by atoms with van der Waals surface area (Å²) in [7, 11) is 0. The van der Waals surface area contributed by atoms with Crippen LogP contribution in [0.4, 0.5) is 0 Å². The highest BCUT2D eigenvalue weighted by molar-refractivity contribution is 7.12. The van der Waals surface area contributed by atoms with Gasteiger partial charge in [0.25, 0.3) is 0 Å². The molecule has 5 heteroatoms. The maximum atomic E-state index is 13.1. The van der Waals surface area contributed by atoms with Gasteiger partial charge in [-0.2, -0.15) is 0 Å². The summed E-state index contributed by atoms with van der Waals surface area (Å²) in [6, 6.07) is 15.3. The van der Waals surface area contributed by atoms with Crippen LogP contribution in [0.15, 0.2) is 53.9 Å². The largest absolute Gasteiger partial charge is 0.341 e. The van der Waals surface area contributed by atoms with E-state index in [9.17, 15) is 9.59 Å². The third kappa shape index (κ3) is 4.06. The molecule has 5 rings (SSSR count). The number of thiophene rings is 1. The Kier molecular flexibility index (Phi) is 5.98. The minimum atomic E-state index is -0.175. The van der Waals surface area contributed by atoms with Crippen LogP contribution in [0.5, 0.6) is 0 Å². The maximum Gasteiger partial charge on any atom is 0.206 e. The van der Waals surface area contributed by atoms with Crippen molar-refractivity contribution in [2.75, 3.05) is 0 Å². The van der Waals surface area contributed by atoms with E-state index < -0.39 is 0 Å². The SMILES string of the molecule is CCn1c2ccc(C(=O)C(=N)CC3CCCCC3)cc2c2cc(C(=O)c3cccs3)ccc21. The molecule has 0 bridgehead atoms. The van der Waals surface area contributed by atoms with E-state index in [1.807, 2.05) is 53.9 Å². The van der Waals surface area contributed by atoms with Gasteiger partial charge < -0.3 is 9.98 Å². The lowest BCUT2D eigenvalue weighted by Crippen LogP contribution is -2.19. The number of Topliss-reactive ketones (excluding diaryl/α,β-unsaturated/α-hetero) is 1. The van der Waals surface area contributed by atoms with Gasteiger partial charge in [0.05, 0.1) is 10.6 Å². The zero-order chi connectivity index (χ0) is 22.9. The fraction of sp³-hybridized carbons (Fsp3) is 0.321. The number of aryl methyl sites for hydroxylation is 1. The molecule has 0 atom stereocenters. The van der Waals surface area contributed by atoms with Crippen molar-refractivity contribution in [1.29, 1.82) is 5.41 Å². The predicted octanol–water partition coefficient (Wildman–Crippen LogP) is 7.28. The maximum absolute atomic E-state index is 13.1. The third-order valence-corrected chi connectivity index (χ3v) is 7.81. The van der Waals surface area contributed by atoms with Crippen molar-refractivity contribution in [3.63, 3.8) is 0 Å². The highest BCUT2D eigenvalue weighted by Crippen LogP contribution is 2.32. The number of hydrogen-bond donors (Lipinski definition) is 1. The Bertz CT molecular complexity index is 1360. The molecule has 2 aromatic heterocycles. The van der Waals surface area contributed by atoms with Gasteiger partial charge in [-0.05, 0) is 67.1 Å². The standard InChI is InChI=1S/C28H28N2O2S/c1-2-30-24-12-10-19(27(31)23(29)15-18-7-4-3-5-8-18)16-21(24)22-17-20(11-13-25(22)30)28(32)26-9-6-14-33-26/h6,9-14,16-18,29H,2-5,7-8,15H2,1H3.